The molecule has 1 amide bonds. The molecule has 1 N–H and O–H groups in total. The van der Waals surface area contributed by atoms with Crippen molar-refractivity contribution in [2.75, 3.05) is 12.0 Å². The molecule has 0 radical (unpaired) electrons. The molecule has 1 unspecified atom stereocenters. The number of hydrogen-bond donors (Lipinski definition) is 1. The molecule has 3 aromatic rings. The third kappa shape index (κ3) is 3.75. The molecule has 1 fully saturated rings. The summed E-state index contributed by atoms with van der Waals surface area (Å²) >= 11 is 0. The maximum absolute atomic E-state index is 13.1. The van der Waals surface area contributed by atoms with Gasteiger partial charge in [-0.1, -0.05) is 44.2 Å². The Labute approximate surface area is 186 Å². The third-order valence-corrected chi connectivity index (χ3v) is 5.62. The highest BCUT2D eigenvalue weighted by Crippen LogP contribution is 2.41. The fourth-order valence-electron chi connectivity index (χ4n) is 3.85. The van der Waals surface area contributed by atoms with E-state index in [-0.39, 0.29) is 11.3 Å². The zero-order valence-electron chi connectivity index (χ0n) is 18.1. The Hall–Kier alpha value is -3.93. The molecule has 1 aliphatic rings. The molecule has 162 valence electrons. The number of rotatable bonds is 5. The lowest BCUT2D eigenvalue weighted by Crippen LogP contribution is -2.30. The first-order valence-corrected chi connectivity index (χ1v) is 10.4. The molecule has 0 spiro atoms. The predicted molar refractivity (Wildman–Crippen MR) is 123 cm³/mol. The van der Waals surface area contributed by atoms with E-state index in [1.54, 1.807) is 55.8 Å². The summed E-state index contributed by atoms with van der Waals surface area (Å²) in [7, 11) is 1.55. The van der Waals surface area contributed by atoms with Crippen LogP contribution in [-0.2, 0) is 9.59 Å². The van der Waals surface area contributed by atoms with Gasteiger partial charge in [-0.25, -0.2) is 4.98 Å². The molecule has 1 saturated heterocycles. The van der Waals surface area contributed by atoms with Crippen LogP contribution in [0.5, 0.6) is 5.75 Å². The van der Waals surface area contributed by atoms with E-state index in [1.807, 2.05) is 24.3 Å². The number of hydrogen-bond acceptors (Lipinski definition) is 5. The third-order valence-electron chi connectivity index (χ3n) is 5.62. The molecule has 1 aliphatic heterocycles. The van der Waals surface area contributed by atoms with Crippen molar-refractivity contribution in [1.29, 1.82) is 0 Å². The number of ether oxygens (including phenoxy) is 1. The van der Waals surface area contributed by atoms with Crippen LogP contribution in [0.2, 0.25) is 0 Å². The Balaban J connectivity index is 1.89. The highest BCUT2D eigenvalue weighted by Gasteiger charge is 2.47. The molecule has 6 nitrogen and oxygen atoms in total. The number of aliphatic hydroxyl groups excluding tert-OH is 1. The zero-order valence-corrected chi connectivity index (χ0v) is 18.1. The number of methoxy groups -OCH3 is 1. The van der Waals surface area contributed by atoms with Gasteiger partial charge in [0.1, 0.15) is 17.3 Å². The van der Waals surface area contributed by atoms with Crippen molar-refractivity contribution in [3.8, 4) is 5.75 Å². The van der Waals surface area contributed by atoms with E-state index in [0.29, 0.717) is 28.6 Å². The molecule has 6 heteroatoms. The largest absolute Gasteiger partial charge is 0.507 e. The monoisotopic (exact) mass is 428 g/mol. The van der Waals surface area contributed by atoms with Crippen molar-refractivity contribution in [3.05, 3.63) is 95.2 Å². The van der Waals surface area contributed by atoms with E-state index >= 15 is 0 Å². The van der Waals surface area contributed by atoms with Crippen LogP contribution in [0.1, 0.15) is 42.5 Å². The average molecular weight is 428 g/mol. The van der Waals surface area contributed by atoms with Gasteiger partial charge in [0, 0.05) is 11.8 Å². The number of anilines is 1. The van der Waals surface area contributed by atoms with Crippen LogP contribution < -0.4 is 9.64 Å². The van der Waals surface area contributed by atoms with Gasteiger partial charge >= 0.3 is 5.91 Å². The van der Waals surface area contributed by atoms with Crippen LogP contribution >= 0.6 is 0 Å². The lowest BCUT2D eigenvalue weighted by molar-refractivity contribution is -0.132. The minimum Gasteiger partial charge on any atom is -0.507 e. The minimum atomic E-state index is -0.798. The first-order chi connectivity index (χ1) is 15.4. The van der Waals surface area contributed by atoms with E-state index in [0.717, 1.165) is 5.56 Å². The topological polar surface area (TPSA) is 79.7 Å². The Bertz CT molecular complexity index is 1170. The van der Waals surface area contributed by atoms with Crippen molar-refractivity contribution < 1.29 is 19.4 Å². The Kier molecular flexibility index (Phi) is 5.77. The molecule has 4 rings (SSSR count). The second-order valence-corrected chi connectivity index (χ2v) is 7.91. The van der Waals surface area contributed by atoms with Gasteiger partial charge in [-0.2, -0.15) is 0 Å². The van der Waals surface area contributed by atoms with Gasteiger partial charge in [-0.05, 0) is 53.4 Å². The Morgan fingerprint density at radius 3 is 2.25 bits per heavy atom. The summed E-state index contributed by atoms with van der Waals surface area (Å²) in [6, 6.07) is 18.8. The molecular formula is C26H24N2O4. The second kappa shape index (κ2) is 8.67. The number of benzene rings is 2. The molecule has 2 aromatic carbocycles. The number of ketones is 1. The number of aliphatic hydroxyl groups is 1. The van der Waals surface area contributed by atoms with Gasteiger partial charge in [0.15, 0.2) is 0 Å². The van der Waals surface area contributed by atoms with Gasteiger partial charge in [0.2, 0.25) is 0 Å². The van der Waals surface area contributed by atoms with Gasteiger partial charge in [0.25, 0.3) is 5.78 Å². The van der Waals surface area contributed by atoms with Gasteiger partial charge in [-0.15, -0.1) is 0 Å². The molecule has 1 atom stereocenters. The van der Waals surface area contributed by atoms with Gasteiger partial charge in [-0.3, -0.25) is 14.5 Å². The number of Topliss-reactive ketones (excluding diaryl/α,β-unsaturated/α-hetero) is 1. The van der Waals surface area contributed by atoms with Crippen LogP contribution in [0.4, 0.5) is 5.82 Å². The predicted octanol–water partition coefficient (Wildman–Crippen LogP) is 4.84. The van der Waals surface area contributed by atoms with Crippen LogP contribution in [0.15, 0.2) is 78.5 Å². The number of carbonyl (C=O) groups is 2. The van der Waals surface area contributed by atoms with Crippen molar-refractivity contribution in [3.63, 3.8) is 0 Å². The average Bonchev–Trinajstić information content (AvgIpc) is 3.09. The van der Waals surface area contributed by atoms with E-state index in [2.05, 4.69) is 18.8 Å². The first-order valence-electron chi connectivity index (χ1n) is 10.4. The van der Waals surface area contributed by atoms with Crippen LogP contribution in [0, 0.1) is 0 Å². The Morgan fingerprint density at radius 2 is 1.69 bits per heavy atom. The number of aromatic nitrogens is 1. The summed E-state index contributed by atoms with van der Waals surface area (Å²) in [6.07, 6.45) is 1.57. The molecule has 0 saturated carbocycles. The minimum absolute atomic E-state index is 0.0307. The van der Waals surface area contributed by atoms with Crippen molar-refractivity contribution in [2.24, 2.45) is 0 Å². The highest BCUT2D eigenvalue weighted by molar-refractivity contribution is 6.51. The SMILES string of the molecule is COc1ccc(/C(O)=C2\C(=O)C(=O)N(c3ccccn3)C2c2ccc(C(C)C)cc2)cc1. The zero-order chi connectivity index (χ0) is 22.8. The number of pyridine rings is 1. The first kappa shape index (κ1) is 21.3. The summed E-state index contributed by atoms with van der Waals surface area (Å²) in [5.74, 6) is -0.399. The number of carbonyl (C=O) groups excluding carboxylic acids is 2. The van der Waals surface area contributed by atoms with Crippen molar-refractivity contribution in [1.82, 2.24) is 4.98 Å². The molecule has 0 aliphatic carbocycles. The summed E-state index contributed by atoms with van der Waals surface area (Å²) in [6.45, 7) is 4.19. The maximum Gasteiger partial charge on any atom is 0.301 e. The summed E-state index contributed by atoms with van der Waals surface area (Å²) in [4.78, 5) is 31.8. The summed E-state index contributed by atoms with van der Waals surface area (Å²) in [5, 5.41) is 11.1. The van der Waals surface area contributed by atoms with E-state index in [9.17, 15) is 14.7 Å². The summed E-state index contributed by atoms with van der Waals surface area (Å²) < 4.78 is 5.17. The Morgan fingerprint density at radius 1 is 1.00 bits per heavy atom. The van der Waals surface area contributed by atoms with Gasteiger partial charge in [0.05, 0.1) is 18.7 Å². The number of nitrogens with zero attached hydrogens (tertiary/aromatic N) is 2. The molecular weight excluding hydrogens is 404 g/mol. The van der Waals surface area contributed by atoms with Crippen LogP contribution in [0.3, 0.4) is 0 Å². The van der Waals surface area contributed by atoms with E-state index in [1.165, 1.54) is 4.90 Å². The quantitative estimate of drug-likeness (QED) is 0.357. The normalized spacial score (nSPS) is 17.8. The fourth-order valence-corrected chi connectivity index (χ4v) is 3.85. The molecule has 2 heterocycles. The fraction of sp³-hybridized carbons (Fsp3) is 0.192. The molecule has 1 aromatic heterocycles. The highest BCUT2D eigenvalue weighted by atomic mass is 16.5. The van der Waals surface area contributed by atoms with Crippen LogP contribution in [-0.4, -0.2) is 28.9 Å². The number of amides is 1. The lowest BCUT2D eigenvalue weighted by Gasteiger charge is -2.24. The lowest BCUT2D eigenvalue weighted by atomic mass is 9.93. The maximum atomic E-state index is 13.1. The molecule has 0 bridgehead atoms. The second-order valence-electron chi connectivity index (χ2n) is 7.91. The van der Waals surface area contributed by atoms with E-state index in [4.69, 9.17) is 4.74 Å². The smallest absolute Gasteiger partial charge is 0.301 e. The van der Waals surface area contributed by atoms with Crippen molar-refractivity contribution >= 4 is 23.3 Å². The van der Waals surface area contributed by atoms with Gasteiger partial charge < -0.3 is 9.84 Å². The van der Waals surface area contributed by atoms with E-state index < -0.39 is 17.7 Å². The molecule has 32 heavy (non-hydrogen) atoms. The van der Waals surface area contributed by atoms with Crippen LogP contribution in [0.25, 0.3) is 5.76 Å². The van der Waals surface area contributed by atoms with Crippen molar-refractivity contribution in [2.45, 2.75) is 25.8 Å². The standard InChI is InChI=1S/C26H24N2O4/c1-16(2)17-7-9-18(10-8-17)23-22(24(29)19-11-13-20(32-3)14-12-19)25(30)26(31)28(23)21-6-4-5-15-27-21/h4-16,23,29H,1-3H3/b24-22+. The summed E-state index contributed by atoms with van der Waals surface area (Å²) in [5.41, 5.74) is 2.31.